The normalized spacial score (nSPS) is 10.5. The fourth-order valence-corrected chi connectivity index (χ4v) is 1.93. The lowest BCUT2D eigenvalue weighted by molar-refractivity contribution is -0.125. The predicted molar refractivity (Wildman–Crippen MR) is 87.0 cm³/mol. The topological polar surface area (TPSA) is 67.4 Å². The summed E-state index contributed by atoms with van der Waals surface area (Å²) < 4.78 is 5.63. The Balaban J connectivity index is 2.35. The molecule has 0 atom stereocenters. The van der Waals surface area contributed by atoms with Gasteiger partial charge in [-0.1, -0.05) is 26.0 Å². The van der Waals surface area contributed by atoms with E-state index < -0.39 is 0 Å². The van der Waals surface area contributed by atoms with Crippen molar-refractivity contribution in [1.82, 2.24) is 10.6 Å². The zero-order valence-electron chi connectivity index (χ0n) is 14.1. The van der Waals surface area contributed by atoms with Crippen LogP contribution >= 0.6 is 0 Å². The summed E-state index contributed by atoms with van der Waals surface area (Å²) in [4.78, 5) is 23.1. The molecule has 0 fully saturated rings. The number of carbonyl (C=O) groups is 2. The number of nitrogens with one attached hydrogen (secondary N) is 2. The van der Waals surface area contributed by atoms with Crippen molar-refractivity contribution < 1.29 is 14.3 Å². The summed E-state index contributed by atoms with van der Waals surface area (Å²) in [7, 11) is 0. The van der Waals surface area contributed by atoms with Crippen LogP contribution in [-0.2, 0) is 9.59 Å². The van der Waals surface area contributed by atoms with Crippen LogP contribution in [-0.4, -0.2) is 31.5 Å². The van der Waals surface area contributed by atoms with Gasteiger partial charge in [-0.25, -0.2) is 0 Å². The summed E-state index contributed by atoms with van der Waals surface area (Å²) in [5.41, 5.74) is 3.20. The van der Waals surface area contributed by atoms with Gasteiger partial charge in [0.2, 0.25) is 5.91 Å². The number of hydrogen-bond acceptors (Lipinski definition) is 3. The molecule has 22 heavy (non-hydrogen) atoms. The number of rotatable bonds is 7. The third kappa shape index (κ3) is 5.39. The zero-order valence-corrected chi connectivity index (χ0v) is 14.1. The molecule has 0 saturated carbocycles. The lowest BCUT2D eigenvalue weighted by Gasteiger charge is -2.14. The molecule has 0 unspecified atom stereocenters. The lowest BCUT2D eigenvalue weighted by Crippen LogP contribution is -2.38. The Morgan fingerprint density at radius 1 is 1.05 bits per heavy atom. The number of hydrogen-bond donors (Lipinski definition) is 2. The molecule has 2 amide bonds. The van der Waals surface area contributed by atoms with Gasteiger partial charge < -0.3 is 15.4 Å². The number of carbonyl (C=O) groups excluding carboxylic acids is 2. The highest BCUT2D eigenvalue weighted by Gasteiger charge is 2.09. The van der Waals surface area contributed by atoms with Crippen molar-refractivity contribution in [2.24, 2.45) is 5.92 Å². The fourth-order valence-electron chi connectivity index (χ4n) is 1.93. The summed E-state index contributed by atoms with van der Waals surface area (Å²) in [5.74, 6) is 0.505. The molecule has 0 bridgehead atoms. The standard InChI is InChI=1S/C17H26N2O3/c1-11(2)17(21)19-9-8-18-15(20)10-22-16-13(4)7-6-12(3)14(16)5/h6-7,11H,8-10H2,1-5H3,(H,18,20)(H,19,21). The quantitative estimate of drug-likeness (QED) is 0.756. The molecule has 0 aliphatic heterocycles. The highest BCUT2D eigenvalue weighted by molar-refractivity contribution is 5.78. The van der Waals surface area contributed by atoms with Crippen molar-refractivity contribution >= 4 is 11.8 Å². The first-order chi connectivity index (χ1) is 10.3. The number of aryl methyl sites for hydroxylation is 2. The van der Waals surface area contributed by atoms with Gasteiger partial charge >= 0.3 is 0 Å². The smallest absolute Gasteiger partial charge is 0.258 e. The van der Waals surface area contributed by atoms with Crippen molar-refractivity contribution in [1.29, 1.82) is 0 Å². The maximum absolute atomic E-state index is 11.8. The van der Waals surface area contributed by atoms with Gasteiger partial charge in [-0.2, -0.15) is 0 Å². The monoisotopic (exact) mass is 306 g/mol. The minimum atomic E-state index is -0.195. The van der Waals surface area contributed by atoms with Gasteiger partial charge in [0.05, 0.1) is 0 Å². The molecular weight excluding hydrogens is 280 g/mol. The van der Waals surface area contributed by atoms with Crippen molar-refractivity contribution in [3.63, 3.8) is 0 Å². The second-order valence-electron chi connectivity index (χ2n) is 5.74. The predicted octanol–water partition coefficient (Wildman–Crippen LogP) is 1.88. The third-order valence-corrected chi connectivity index (χ3v) is 3.49. The van der Waals surface area contributed by atoms with E-state index in [0.717, 1.165) is 22.4 Å². The Hall–Kier alpha value is -2.04. The van der Waals surface area contributed by atoms with Crippen LogP contribution in [0.2, 0.25) is 0 Å². The van der Waals surface area contributed by atoms with E-state index >= 15 is 0 Å². The van der Waals surface area contributed by atoms with E-state index in [0.29, 0.717) is 13.1 Å². The molecule has 0 saturated heterocycles. The molecule has 0 aliphatic carbocycles. The van der Waals surface area contributed by atoms with Crippen LogP contribution in [0, 0.1) is 26.7 Å². The first-order valence-corrected chi connectivity index (χ1v) is 7.57. The van der Waals surface area contributed by atoms with Gasteiger partial charge in [-0.05, 0) is 37.5 Å². The average molecular weight is 306 g/mol. The van der Waals surface area contributed by atoms with Gasteiger partial charge in [0, 0.05) is 19.0 Å². The summed E-state index contributed by atoms with van der Waals surface area (Å²) in [5, 5.41) is 5.46. The number of benzene rings is 1. The molecule has 0 spiro atoms. The zero-order chi connectivity index (χ0) is 16.7. The van der Waals surface area contributed by atoms with E-state index in [1.165, 1.54) is 0 Å². The lowest BCUT2D eigenvalue weighted by atomic mass is 10.1. The van der Waals surface area contributed by atoms with E-state index in [1.807, 2.05) is 46.8 Å². The van der Waals surface area contributed by atoms with Crippen LogP contribution in [0.4, 0.5) is 0 Å². The van der Waals surface area contributed by atoms with Crippen molar-refractivity contribution in [3.8, 4) is 5.75 Å². The average Bonchev–Trinajstić information content (AvgIpc) is 2.47. The Kier molecular flexibility index (Phi) is 6.89. The highest BCUT2D eigenvalue weighted by atomic mass is 16.5. The number of ether oxygens (including phenoxy) is 1. The maximum Gasteiger partial charge on any atom is 0.258 e. The van der Waals surface area contributed by atoms with Gasteiger partial charge in [-0.3, -0.25) is 9.59 Å². The Morgan fingerprint density at radius 3 is 2.27 bits per heavy atom. The minimum absolute atomic E-state index is 0.0171. The molecular formula is C17H26N2O3. The molecule has 2 N–H and O–H groups in total. The van der Waals surface area contributed by atoms with Crippen LogP contribution in [0.1, 0.15) is 30.5 Å². The van der Waals surface area contributed by atoms with Crippen LogP contribution in [0.3, 0.4) is 0 Å². The van der Waals surface area contributed by atoms with Gasteiger partial charge in [0.1, 0.15) is 5.75 Å². The second kappa shape index (κ2) is 8.41. The van der Waals surface area contributed by atoms with Gasteiger partial charge in [0.25, 0.3) is 5.91 Å². The molecule has 0 heterocycles. The highest BCUT2D eigenvalue weighted by Crippen LogP contribution is 2.25. The molecule has 0 aliphatic rings. The first-order valence-electron chi connectivity index (χ1n) is 7.57. The summed E-state index contributed by atoms with van der Waals surface area (Å²) in [6.07, 6.45) is 0. The molecule has 5 nitrogen and oxygen atoms in total. The maximum atomic E-state index is 11.8. The first kappa shape index (κ1) is 18.0. The molecule has 5 heteroatoms. The molecule has 0 aromatic heterocycles. The Labute approximate surface area is 132 Å². The third-order valence-electron chi connectivity index (χ3n) is 3.49. The van der Waals surface area contributed by atoms with Crippen LogP contribution < -0.4 is 15.4 Å². The minimum Gasteiger partial charge on any atom is -0.483 e. The van der Waals surface area contributed by atoms with Crippen LogP contribution in [0.5, 0.6) is 5.75 Å². The molecule has 1 aromatic rings. The van der Waals surface area contributed by atoms with E-state index in [1.54, 1.807) is 0 Å². The molecule has 122 valence electrons. The molecule has 1 aromatic carbocycles. The van der Waals surface area contributed by atoms with Crippen LogP contribution in [0.25, 0.3) is 0 Å². The van der Waals surface area contributed by atoms with E-state index in [-0.39, 0.29) is 24.3 Å². The largest absolute Gasteiger partial charge is 0.483 e. The number of amides is 2. The molecule has 1 rings (SSSR count). The van der Waals surface area contributed by atoms with E-state index in [9.17, 15) is 9.59 Å². The summed E-state index contributed by atoms with van der Waals surface area (Å²) in [6.45, 7) is 10.4. The Bertz CT molecular complexity index is 539. The van der Waals surface area contributed by atoms with E-state index in [2.05, 4.69) is 10.6 Å². The van der Waals surface area contributed by atoms with Gasteiger partial charge in [0.15, 0.2) is 6.61 Å². The van der Waals surface area contributed by atoms with Crippen molar-refractivity contribution in [3.05, 3.63) is 28.8 Å². The summed E-state index contributed by atoms with van der Waals surface area (Å²) >= 11 is 0. The fraction of sp³-hybridized carbons (Fsp3) is 0.529. The van der Waals surface area contributed by atoms with Gasteiger partial charge in [-0.15, -0.1) is 0 Å². The van der Waals surface area contributed by atoms with Crippen LogP contribution in [0.15, 0.2) is 12.1 Å². The SMILES string of the molecule is Cc1ccc(C)c(OCC(=O)NCCNC(=O)C(C)C)c1C. The summed E-state index contributed by atoms with van der Waals surface area (Å²) in [6, 6.07) is 4.02. The van der Waals surface area contributed by atoms with E-state index in [4.69, 9.17) is 4.74 Å². The van der Waals surface area contributed by atoms with Crippen molar-refractivity contribution in [2.75, 3.05) is 19.7 Å². The second-order valence-corrected chi connectivity index (χ2v) is 5.74. The van der Waals surface area contributed by atoms with Crippen molar-refractivity contribution in [2.45, 2.75) is 34.6 Å². The Morgan fingerprint density at radius 2 is 1.64 bits per heavy atom. The molecule has 0 radical (unpaired) electrons.